The van der Waals surface area contributed by atoms with Crippen LogP contribution in [0.1, 0.15) is 37.9 Å². The molecule has 0 amide bonds. The Balaban J connectivity index is 2.17. The van der Waals surface area contributed by atoms with Crippen LogP contribution in [-0.2, 0) is 0 Å². The highest BCUT2D eigenvalue weighted by molar-refractivity contribution is 7.17. The number of aliphatic hydroxyl groups excluding tert-OH is 1. The van der Waals surface area contributed by atoms with Crippen molar-refractivity contribution in [2.45, 2.75) is 38.3 Å². The summed E-state index contributed by atoms with van der Waals surface area (Å²) in [5.41, 5.74) is 1.01. The second kappa shape index (κ2) is 6.32. The largest absolute Gasteiger partial charge is 0.387 e. The maximum Gasteiger partial charge on any atom is 0.0943 e. The van der Waals surface area contributed by atoms with Gasteiger partial charge in [-0.2, -0.15) is 0 Å². The molecule has 1 aromatic heterocycles. The van der Waals surface area contributed by atoms with E-state index in [0.29, 0.717) is 0 Å². The molecule has 2 aromatic rings. The highest BCUT2D eigenvalue weighted by Gasteiger charge is 2.18. The molecule has 0 bridgehead atoms. The molecular formula is C15H21NOS. The van der Waals surface area contributed by atoms with Gasteiger partial charge >= 0.3 is 0 Å². The third-order valence-corrected chi connectivity index (χ3v) is 4.32. The van der Waals surface area contributed by atoms with Gasteiger partial charge < -0.3 is 10.4 Å². The minimum atomic E-state index is -0.423. The first-order valence-electron chi connectivity index (χ1n) is 6.58. The molecule has 0 aliphatic heterocycles. The molecule has 0 aliphatic carbocycles. The average molecular weight is 263 g/mol. The van der Waals surface area contributed by atoms with Crippen molar-refractivity contribution >= 4 is 21.4 Å². The van der Waals surface area contributed by atoms with Crippen molar-refractivity contribution in [3.63, 3.8) is 0 Å². The van der Waals surface area contributed by atoms with Crippen molar-refractivity contribution in [2.24, 2.45) is 0 Å². The van der Waals surface area contributed by atoms with Gasteiger partial charge in [-0.3, -0.25) is 0 Å². The van der Waals surface area contributed by atoms with E-state index in [4.69, 9.17) is 0 Å². The first kappa shape index (κ1) is 13.5. The molecule has 1 heterocycles. The van der Waals surface area contributed by atoms with E-state index in [0.717, 1.165) is 24.8 Å². The summed E-state index contributed by atoms with van der Waals surface area (Å²) < 4.78 is 1.25. The Labute approximate surface area is 113 Å². The van der Waals surface area contributed by atoms with Crippen molar-refractivity contribution < 1.29 is 5.11 Å². The predicted octanol–water partition coefficient (Wildman–Crippen LogP) is 3.71. The van der Waals surface area contributed by atoms with Crippen molar-refractivity contribution in [3.05, 3.63) is 35.2 Å². The van der Waals surface area contributed by atoms with Crippen LogP contribution in [0.25, 0.3) is 10.1 Å². The molecule has 0 saturated carbocycles. The van der Waals surface area contributed by atoms with Crippen LogP contribution in [0.4, 0.5) is 0 Å². The van der Waals surface area contributed by atoms with Crippen LogP contribution < -0.4 is 5.32 Å². The van der Waals surface area contributed by atoms with Crippen LogP contribution in [0.15, 0.2) is 29.6 Å². The number of fused-ring (bicyclic) bond motifs is 1. The monoisotopic (exact) mass is 263 g/mol. The van der Waals surface area contributed by atoms with E-state index < -0.39 is 6.10 Å². The fourth-order valence-corrected chi connectivity index (χ4v) is 3.11. The van der Waals surface area contributed by atoms with Crippen LogP contribution in [0.5, 0.6) is 0 Å². The zero-order valence-corrected chi connectivity index (χ0v) is 11.8. The molecule has 2 atom stereocenters. The fraction of sp³-hybridized carbons (Fsp3) is 0.467. The van der Waals surface area contributed by atoms with Crippen LogP contribution in [0, 0.1) is 0 Å². The highest BCUT2D eigenvalue weighted by Crippen LogP contribution is 2.27. The van der Waals surface area contributed by atoms with Crippen molar-refractivity contribution in [2.75, 3.05) is 7.05 Å². The van der Waals surface area contributed by atoms with Gasteiger partial charge in [-0.15, -0.1) is 11.3 Å². The summed E-state index contributed by atoms with van der Waals surface area (Å²) >= 11 is 1.72. The van der Waals surface area contributed by atoms with E-state index in [-0.39, 0.29) is 6.04 Å². The lowest BCUT2D eigenvalue weighted by Gasteiger charge is -2.22. The summed E-state index contributed by atoms with van der Waals surface area (Å²) in [6, 6.07) is 8.50. The van der Waals surface area contributed by atoms with Gasteiger partial charge in [0.2, 0.25) is 0 Å². The summed E-state index contributed by atoms with van der Waals surface area (Å²) in [6.45, 7) is 2.18. The molecule has 0 saturated heterocycles. The highest BCUT2D eigenvalue weighted by atomic mass is 32.1. The van der Waals surface area contributed by atoms with E-state index in [1.807, 2.05) is 13.1 Å². The van der Waals surface area contributed by atoms with Crippen LogP contribution in [-0.4, -0.2) is 18.2 Å². The Bertz CT molecular complexity index is 494. The number of hydrogen-bond donors (Lipinski definition) is 2. The molecule has 0 spiro atoms. The van der Waals surface area contributed by atoms with Gasteiger partial charge in [0, 0.05) is 10.7 Å². The van der Waals surface area contributed by atoms with Gasteiger partial charge in [-0.1, -0.05) is 31.9 Å². The third-order valence-electron chi connectivity index (χ3n) is 3.44. The Kier molecular flexibility index (Phi) is 4.75. The number of rotatable bonds is 6. The molecule has 2 rings (SSSR count). The van der Waals surface area contributed by atoms with E-state index in [9.17, 15) is 5.11 Å². The minimum absolute atomic E-state index is 0.141. The van der Waals surface area contributed by atoms with Crippen molar-refractivity contribution in [3.8, 4) is 0 Å². The molecule has 2 nitrogen and oxygen atoms in total. The standard InChI is InChI=1S/C15H21NOS/c1-3-4-5-13(16-2)15(17)12-7-6-11-8-9-18-14(11)10-12/h6-10,13,15-17H,3-5H2,1-2H3. The van der Waals surface area contributed by atoms with Gasteiger partial charge in [0.25, 0.3) is 0 Å². The molecule has 1 aromatic carbocycles. The van der Waals surface area contributed by atoms with Crippen LogP contribution >= 0.6 is 11.3 Å². The second-order valence-corrected chi connectivity index (χ2v) is 5.65. The average Bonchev–Trinajstić information content (AvgIpc) is 2.86. The molecule has 2 N–H and O–H groups in total. The van der Waals surface area contributed by atoms with Crippen molar-refractivity contribution in [1.29, 1.82) is 0 Å². The maximum absolute atomic E-state index is 10.4. The van der Waals surface area contributed by atoms with Gasteiger partial charge in [0.15, 0.2) is 0 Å². The molecule has 18 heavy (non-hydrogen) atoms. The minimum Gasteiger partial charge on any atom is -0.387 e. The summed E-state index contributed by atoms with van der Waals surface area (Å²) in [5, 5.41) is 17.0. The first-order chi connectivity index (χ1) is 8.76. The SMILES string of the molecule is CCCCC(NC)C(O)c1ccc2ccsc2c1. The lowest BCUT2D eigenvalue weighted by molar-refractivity contribution is 0.126. The number of aliphatic hydroxyl groups is 1. The molecule has 0 fully saturated rings. The quantitative estimate of drug-likeness (QED) is 0.832. The Morgan fingerprint density at radius 1 is 1.33 bits per heavy atom. The number of unbranched alkanes of at least 4 members (excludes halogenated alkanes) is 1. The van der Waals surface area contributed by atoms with Gasteiger partial charge in [-0.05, 0) is 41.9 Å². The van der Waals surface area contributed by atoms with Gasteiger partial charge in [0.1, 0.15) is 0 Å². The molecule has 98 valence electrons. The second-order valence-electron chi connectivity index (χ2n) is 4.70. The van der Waals surface area contributed by atoms with E-state index in [1.54, 1.807) is 11.3 Å². The summed E-state index contributed by atoms with van der Waals surface area (Å²) in [4.78, 5) is 0. The number of thiophene rings is 1. The number of likely N-dealkylation sites (N-methyl/N-ethyl adjacent to an activating group) is 1. The third kappa shape index (κ3) is 2.91. The van der Waals surface area contributed by atoms with E-state index >= 15 is 0 Å². The topological polar surface area (TPSA) is 32.3 Å². The van der Waals surface area contributed by atoms with E-state index in [1.165, 1.54) is 10.1 Å². The summed E-state index contributed by atoms with van der Waals surface area (Å²) in [7, 11) is 1.92. The van der Waals surface area contributed by atoms with Crippen molar-refractivity contribution in [1.82, 2.24) is 5.32 Å². The normalized spacial score (nSPS) is 14.8. The van der Waals surface area contributed by atoms with Crippen LogP contribution in [0.2, 0.25) is 0 Å². The van der Waals surface area contributed by atoms with Gasteiger partial charge in [-0.25, -0.2) is 0 Å². The summed E-state index contributed by atoms with van der Waals surface area (Å²) in [6.07, 6.45) is 2.89. The number of nitrogens with one attached hydrogen (secondary N) is 1. The smallest absolute Gasteiger partial charge is 0.0943 e. The molecule has 0 aliphatic rings. The molecule has 2 unspecified atom stereocenters. The van der Waals surface area contributed by atoms with E-state index in [2.05, 4.69) is 35.8 Å². The Morgan fingerprint density at radius 3 is 2.89 bits per heavy atom. The zero-order chi connectivity index (χ0) is 13.0. The lowest BCUT2D eigenvalue weighted by atomic mass is 9.97. The Morgan fingerprint density at radius 2 is 2.17 bits per heavy atom. The molecule has 3 heteroatoms. The maximum atomic E-state index is 10.4. The first-order valence-corrected chi connectivity index (χ1v) is 7.46. The fourth-order valence-electron chi connectivity index (χ4n) is 2.27. The predicted molar refractivity (Wildman–Crippen MR) is 79.2 cm³/mol. The number of benzene rings is 1. The van der Waals surface area contributed by atoms with Gasteiger partial charge in [0.05, 0.1) is 6.10 Å². The summed E-state index contributed by atoms with van der Waals surface area (Å²) in [5.74, 6) is 0. The zero-order valence-electron chi connectivity index (χ0n) is 11.0. The molecular weight excluding hydrogens is 242 g/mol. The van der Waals surface area contributed by atoms with Crippen LogP contribution in [0.3, 0.4) is 0 Å². The lowest BCUT2D eigenvalue weighted by Crippen LogP contribution is -2.32. The molecule has 0 radical (unpaired) electrons. The number of hydrogen-bond acceptors (Lipinski definition) is 3. The Hall–Kier alpha value is -0.900.